The molecule has 0 spiro atoms. The van der Waals surface area contributed by atoms with Gasteiger partial charge in [-0.05, 0) is 72.5 Å². The van der Waals surface area contributed by atoms with Gasteiger partial charge in [0.15, 0.2) is 11.6 Å². The maximum absolute atomic E-state index is 13.8. The molecule has 5 aromatic rings. The van der Waals surface area contributed by atoms with Crippen molar-refractivity contribution in [1.29, 1.82) is 0 Å². The second-order valence-electron chi connectivity index (χ2n) is 10.0. The molecular weight excluding hydrogens is 537 g/mol. The quantitative estimate of drug-likeness (QED) is 0.233. The maximum Gasteiger partial charge on any atom is 0.198 e. The van der Waals surface area contributed by atoms with E-state index in [9.17, 15) is 14.7 Å². The normalized spacial score (nSPS) is 14.4. The Morgan fingerprint density at radius 3 is 2.40 bits per heavy atom. The summed E-state index contributed by atoms with van der Waals surface area (Å²) in [6, 6.07) is 21.4. The zero-order chi connectivity index (χ0) is 27.5. The molecule has 0 bridgehead atoms. The highest BCUT2D eigenvalue weighted by Crippen LogP contribution is 2.45. The summed E-state index contributed by atoms with van der Waals surface area (Å²) in [7, 11) is 0. The number of rotatable bonds is 2. The Bertz CT molecular complexity index is 1930. The van der Waals surface area contributed by atoms with E-state index in [0.717, 1.165) is 43.2 Å². The third-order valence-corrected chi connectivity index (χ3v) is 9.77. The number of phenols is 1. The molecule has 2 aliphatic heterocycles. The molecule has 7 rings (SSSR count). The molecule has 0 unspecified atom stereocenters. The van der Waals surface area contributed by atoms with E-state index in [1.807, 2.05) is 92.7 Å². The molecule has 196 valence electrons. The van der Waals surface area contributed by atoms with Crippen molar-refractivity contribution in [2.45, 2.75) is 35.1 Å². The first-order valence-electron chi connectivity index (χ1n) is 13.1. The zero-order valence-electron chi connectivity index (χ0n) is 21.9. The molecule has 1 N–H and O–H groups in total. The van der Waals surface area contributed by atoms with Gasteiger partial charge in [0.2, 0.25) is 0 Å². The van der Waals surface area contributed by atoms with Gasteiger partial charge >= 0.3 is 0 Å². The van der Waals surface area contributed by atoms with Gasteiger partial charge in [0.05, 0.1) is 11.1 Å². The fourth-order valence-electron chi connectivity index (χ4n) is 5.68. The van der Waals surface area contributed by atoms with Crippen LogP contribution in [0.15, 0.2) is 87.0 Å². The van der Waals surface area contributed by atoms with Crippen molar-refractivity contribution in [1.82, 2.24) is 0 Å². The lowest BCUT2D eigenvalue weighted by Crippen LogP contribution is -2.06. The Hall–Kier alpha value is -4.00. The van der Waals surface area contributed by atoms with Gasteiger partial charge in [-0.1, -0.05) is 42.5 Å². The van der Waals surface area contributed by atoms with Gasteiger partial charge in [0.1, 0.15) is 17.1 Å². The number of thioether (sulfide) groups is 2. The Balaban J connectivity index is 1.37. The van der Waals surface area contributed by atoms with Gasteiger partial charge in [-0.25, -0.2) is 0 Å². The summed E-state index contributed by atoms with van der Waals surface area (Å²) in [5, 5.41) is 12.5. The number of aromatic hydroxyl groups is 1. The molecule has 6 heteroatoms. The predicted molar refractivity (Wildman–Crippen MR) is 162 cm³/mol. The highest BCUT2D eigenvalue weighted by atomic mass is 32.2. The molecule has 4 nitrogen and oxygen atoms in total. The van der Waals surface area contributed by atoms with Gasteiger partial charge in [0.25, 0.3) is 0 Å². The van der Waals surface area contributed by atoms with Crippen LogP contribution < -0.4 is 0 Å². The standard InChI is InChI=1S/C34H24O4S2/c1-3-6-23-26(14-22-17-39-27-8-5-4-7-24(27)32(36)29(22)31(23)35)19-11-12-25-28(15-19)40-16-21-10-9-20-13-18(2)38-34(20)30(21)33(25)37/h3-15,35H,16-17H2,1-2H3/b6-3+. The third kappa shape index (κ3) is 3.86. The second kappa shape index (κ2) is 9.58. The van der Waals surface area contributed by atoms with Crippen LogP contribution in [0.2, 0.25) is 0 Å². The Kier molecular flexibility index (Phi) is 5.99. The van der Waals surface area contributed by atoms with Crippen LogP contribution in [0.1, 0.15) is 61.2 Å². The molecule has 0 atom stereocenters. The molecule has 0 amide bonds. The van der Waals surface area contributed by atoms with E-state index in [-0.39, 0.29) is 17.3 Å². The van der Waals surface area contributed by atoms with Crippen LogP contribution in [0.25, 0.3) is 28.2 Å². The highest BCUT2D eigenvalue weighted by Gasteiger charge is 2.29. The predicted octanol–water partition coefficient (Wildman–Crippen LogP) is 8.82. The van der Waals surface area contributed by atoms with Crippen LogP contribution >= 0.6 is 23.5 Å². The number of carbonyl (C=O) groups is 2. The van der Waals surface area contributed by atoms with Crippen molar-refractivity contribution in [2.24, 2.45) is 0 Å². The van der Waals surface area contributed by atoms with Crippen LogP contribution in [0.5, 0.6) is 5.75 Å². The number of phenolic OH excluding ortho intramolecular Hbond substituents is 1. The van der Waals surface area contributed by atoms with E-state index in [4.69, 9.17) is 4.42 Å². The molecule has 0 fully saturated rings. The molecule has 40 heavy (non-hydrogen) atoms. The Morgan fingerprint density at radius 2 is 1.55 bits per heavy atom. The minimum atomic E-state index is -0.161. The van der Waals surface area contributed by atoms with E-state index >= 15 is 0 Å². The number of furan rings is 1. The molecule has 1 aromatic heterocycles. The number of fused-ring (bicyclic) bond motifs is 6. The van der Waals surface area contributed by atoms with E-state index in [1.165, 1.54) is 0 Å². The molecular formula is C34H24O4S2. The van der Waals surface area contributed by atoms with Crippen LogP contribution in [0, 0.1) is 6.92 Å². The lowest BCUT2D eigenvalue weighted by molar-refractivity contribution is 0.102. The molecule has 4 aromatic carbocycles. The summed E-state index contributed by atoms with van der Waals surface area (Å²) in [4.78, 5) is 29.2. The number of aryl methyl sites for hydroxylation is 1. The highest BCUT2D eigenvalue weighted by molar-refractivity contribution is 7.98. The first kappa shape index (κ1) is 25.0. The van der Waals surface area contributed by atoms with Gasteiger partial charge in [-0.2, -0.15) is 0 Å². The van der Waals surface area contributed by atoms with Crippen molar-refractivity contribution in [3.63, 3.8) is 0 Å². The number of hydrogen-bond acceptors (Lipinski definition) is 6. The van der Waals surface area contributed by atoms with Crippen LogP contribution in [0.3, 0.4) is 0 Å². The number of ketones is 2. The van der Waals surface area contributed by atoms with Gasteiger partial charge in [-0.3, -0.25) is 9.59 Å². The molecule has 3 heterocycles. The van der Waals surface area contributed by atoms with Gasteiger partial charge in [-0.15, -0.1) is 23.5 Å². The second-order valence-corrected chi connectivity index (χ2v) is 12.1. The van der Waals surface area contributed by atoms with Crippen molar-refractivity contribution >= 4 is 52.1 Å². The summed E-state index contributed by atoms with van der Waals surface area (Å²) < 4.78 is 5.96. The summed E-state index contributed by atoms with van der Waals surface area (Å²) >= 11 is 3.23. The van der Waals surface area contributed by atoms with Crippen molar-refractivity contribution < 1.29 is 19.1 Å². The number of allylic oxidation sites excluding steroid dienone is 1. The number of carbonyl (C=O) groups excluding carboxylic acids is 2. The lowest BCUT2D eigenvalue weighted by atomic mass is 9.88. The van der Waals surface area contributed by atoms with Gasteiger partial charge in [0, 0.05) is 43.4 Å². The van der Waals surface area contributed by atoms with E-state index in [2.05, 4.69) is 0 Å². The molecule has 2 aliphatic rings. The molecule has 0 aliphatic carbocycles. The topological polar surface area (TPSA) is 67.5 Å². The third-order valence-electron chi connectivity index (χ3n) is 7.54. The molecule has 0 saturated carbocycles. The summed E-state index contributed by atoms with van der Waals surface area (Å²) in [6.07, 6.45) is 3.71. The van der Waals surface area contributed by atoms with Crippen molar-refractivity contribution in [2.75, 3.05) is 0 Å². The summed E-state index contributed by atoms with van der Waals surface area (Å²) in [6.45, 7) is 3.79. The first-order chi connectivity index (χ1) is 19.4. The minimum absolute atomic E-state index is 0.00504. The van der Waals surface area contributed by atoms with Crippen molar-refractivity contribution in [3.05, 3.63) is 118 Å². The van der Waals surface area contributed by atoms with Crippen LogP contribution in [-0.2, 0) is 11.5 Å². The molecule has 0 saturated heterocycles. The van der Waals surface area contributed by atoms with Gasteiger partial charge < -0.3 is 9.52 Å². The maximum atomic E-state index is 13.8. The van der Waals surface area contributed by atoms with E-state index in [1.54, 1.807) is 23.5 Å². The lowest BCUT2D eigenvalue weighted by Gasteiger charge is -2.17. The fraction of sp³-hybridized carbons (Fsp3) is 0.118. The number of benzene rings is 4. The zero-order valence-corrected chi connectivity index (χ0v) is 23.5. The summed E-state index contributed by atoms with van der Waals surface area (Å²) in [5.74, 6) is 1.79. The van der Waals surface area contributed by atoms with Crippen molar-refractivity contribution in [3.8, 4) is 16.9 Å². The molecule has 0 radical (unpaired) electrons. The fourth-order valence-corrected chi connectivity index (χ4v) is 7.79. The van der Waals surface area contributed by atoms with E-state index in [0.29, 0.717) is 44.9 Å². The summed E-state index contributed by atoms with van der Waals surface area (Å²) in [5.41, 5.74) is 6.97. The Labute approximate surface area is 240 Å². The monoisotopic (exact) mass is 560 g/mol. The van der Waals surface area contributed by atoms with E-state index < -0.39 is 0 Å². The average molecular weight is 561 g/mol. The Morgan fingerprint density at radius 1 is 0.800 bits per heavy atom. The first-order valence-corrected chi connectivity index (χ1v) is 15.0. The largest absolute Gasteiger partial charge is 0.507 e. The van der Waals surface area contributed by atoms with Crippen LogP contribution in [-0.4, -0.2) is 16.7 Å². The number of hydrogen-bond donors (Lipinski definition) is 1. The average Bonchev–Trinajstić information content (AvgIpc) is 3.20. The SMILES string of the molecule is C/C=C/c1c(-c2ccc3c(c2)SCc2ccc4cc(C)oc4c2C3=O)cc2c(c1O)C(=O)c1ccccc1SC2. The smallest absolute Gasteiger partial charge is 0.198 e. The van der Waals surface area contributed by atoms with Crippen LogP contribution in [0.4, 0.5) is 0 Å². The minimum Gasteiger partial charge on any atom is -0.507 e.